The number of piperidine rings is 1. The Hall–Kier alpha value is -1.59. The molecule has 0 bridgehead atoms. The Balaban J connectivity index is 0.00000242. The van der Waals surface area contributed by atoms with Crippen LogP contribution in [0.3, 0.4) is 0 Å². The molecule has 6 heteroatoms. The highest BCUT2D eigenvalue weighted by molar-refractivity contribution is 5.99. The van der Waals surface area contributed by atoms with Crippen molar-refractivity contribution in [3.63, 3.8) is 0 Å². The largest absolute Gasteiger partial charge is 0.344 e. The molecule has 2 rings (SSSR count). The molecule has 22 heavy (non-hydrogen) atoms. The molecule has 1 heterocycles. The SMILES string of the molecule is Cc1ccc(N2CCCC(NC(=O)CC(C)N)C2=O)cc1.Cl. The van der Waals surface area contributed by atoms with Crippen LogP contribution in [-0.2, 0) is 9.59 Å². The van der Waals surface area contributed by atoms with Gasteiger partial charge in [-0.25, -0.2) is 0 Å². The van der Waals surface area contributed by atoms with Crippen molar-refractivity contribution < 1.29 is 9.59 Å². The number of halogens is 1. The summed E-state index contributed by atoms with van der Waals surface area (Å²) in [6, 6.07) is 7.23. The fourth-order valence-corrected chi connectivity index (χ4v) is 2.54. The third kappa shape index (κ3) is 4.71. The third-order valence-corrected chi connectivity index (χ3v) is 3.63. The average molecular weight is 326 g/mol. The van der Waals surface area contributed by atoms with Crippen LogP contribution in [0.4, 0.5) is 5.69 Å². The zero-order valence-electron chi connectivity index (χ0n) is 13.0. The molecule has 5 nitrogen and oxygen atoms in total. The van der Waals surface area contributed by atoms with Gasteiger partial charge >= 0.3 is 0 Å². The Kier molecular flexibility index (Phi) is 6.84. The van der Waals surface area contributed by atoms with Gasteiger partial charge in [-0.15, -0.1) is 12.4 Å². The number of rotatable bonds is 4. The minimum absolute atomic E-state index is 0. The van der Waals surface area contributed by atoms with Crippen LogP contribution in [-0.4, -0.2) is 30.4 Å². The van der Waals surface area contributed by atoms with Gasteiger partial charge in [-0.2, -0.15) is 0 Å². The first-order valence-corrected chi connectivity index (χ1v) is 7.40. The van der Waals surface area contributed by atoms with E-state index < -0.39 is 6.04 Å². The Morgan fingerprint density at radius 1 is 1.41 bits per heavy atom. The zero-order valence-corrected chi connectivity index (χ0v) is 13.9. The van der Waals surface area contributed by atoms with Crippen molar-refractivity contribution in [1.29, 1.82) is 0 Å². The van der Waals surface area contributed by atoms with Crippen LogP contribution in [0.2, 0.25) is 0 Å². The van der Waals surface area contributed by atoms with Crippen molar-refractivity contribution in [3.8, 4) is 0 Å². The smallest absolute Gasteiger partial charge is 0.249 e. The molecule has 0 saturated carbocycles. The summed E-state index contributed by atoms with van der Waals surface area (Å²) in [6.45, 7) is 4.49. The lowest BCUT2D eigenvalue weighted by atomic mass is 10.0. The zero-order chi connectivity index (χ0) is 15.4. The van der Waals surface area contributed by atoms with Gasteiger partial charge in [0.15, 0.2) is 0 Å². The number of carbonyl (C=O) groups excluding carboxylic acids is 2. The van der Waals surface area contributed by atoms with E-state index in [0.29, 0.717) is 13.0 Å². The van der Waals surface area contributed by atoms with Gasteiger partial charge in [-0.1, -0.05) is 17.7 Å². The first-order valence-electron chi connectivity index (χ1n) is 7.40. The summed E-state index contributed by atoms with van der Waals surface area (Å²) in [5.74, 6) is -0.197. The monoisotopic (exact) mass is 325 g/mol. The summed E-state index contributed by atoms with van der Waals surface area (Å²) >= 11 is 0. The molecule has 2 unspecified atom stereocenters. The van der Waals surface area contributed by atoms with E-state index in [1.54, 1.807) is 11.8 Å². The van der Waals surface area contributed by atoms with Crippen LogP contribution < -0.4 is 16.0 Å². The van der Waals surface area contributed by atoms with Gasteiger partial charge in [-0.3, -0.25) is 9.59 Å². The molecule has 1 aliphatic rings. The normalized spacial score (nSPS) is 19.3. The summed E-state index contributed by atoms with van der Waals surface area (Å²) in [4.78, 5) is 26.1. The van der Waals surface area contributed by atoms with Gasteiger partial charge in [0.1, 0.15) is 6.04 Å². The van der Waals surface area contributed by atoms with E-state index in [2.05, 4.69) is 5.32 Å². The van der Waals surface area contributed by atoms with Gasteiger partial charge < -0.3 is 16.0 Å². The van der Waals surface area contributed by atoms with E-state index in [9.17, 15) is 9.59 Å². The van der Waals surface area contributed by atoms with E-state index in [1.807, 2.05) is 31.2 Å². The minimum Gasteiger partial charge on any atom is -0.344 e. The molecule has 0 aromatic heterocycles. The number of nitrogens with zero attached hydrogens (tertiary/aromatic N) is 1. The second-order valence-corrected chi connectivity index (χ2v) is 5.77. The van der Waals surface area contributed by atoms with Gasteiger partial charge in [0, 0.05) is 24.7 Å². The number of aryl methyl sites for hydroxylation is 1. The molecule has 1 saturated heterocycles. The standard InChI is InChI=1S/C16H23N3O2.ClH/c1-11-5-7-13(8-6-11)19-9-3-4-14(16(19)21)18-15(20)10-12(2)17;/h5-8,12,14H,3-4,9-10,17H2,1-2H3,(H,18,20);1H. The molecule has 1 aromatic carbocycles. The first kappa shape index (κ1) is 18.5. The highest BCUT2D eigenvalue weighted by atomic mass is 35.5. The number of anilines is 1. The Morgan fingerprint density at radius 2 is 2.05 bits per heavy atom. The lowest BCUT2D eigenvalue weighted by molar-refractivity contribution is -0.128. The van der Waals surface area contributed by atoms with Crippen molar-refractivity contribution >= 4 is 29.9 Å². The quantitative estimate of drug-likeness (QED) is 0.885. The van der Waals surface area contributed by atoms with Crippen LogP contribution in [0.15, 0.2) is 24.3 Å². The van der Waals surface area contributed by atoms with E-state index >= 15 is 0 Å². The summed E-state index contributed by atoms with van der Waals surface area (Å²) in [5, 5.41) is 2.80. The lowest BCUT2D eigenvalue weighted by Crippen LogP contribution is -2.53. The van der Waals surface area contributed by atoms with E-state index in [0.717, 1.165) is 17.7 Å². The Labute approximate surface area is 137 Å². The molecule has 2 amide bonds. The van der Waals surface area contributed by atoms with Crippen LogP contribution >= 0.6 is 12.4 Å². The number of amides is 2. The van der Waals surface area contributed by atoms with Crippen molar-refractivity contribution in [2.45, 2.75) is 45.2 Å². The lowest BCUT2D eigenvalue weighted by Gasteiger charge is -2.32. The minimum atomic E-state index is -0.439. The van der Waals surface area contributed by atoms with Gasteiger partial charge in [0.05, 0.1) is 0 Å². The van der Waals surface area contributed by atoms with E-state index in [4.69, 9.17) is 5.73 Å². The van der Waals surface area contributed by atoms with Crippen LogP contribution in [0.5, 0.6) is 0 Å². The maximum atomic E-state index is 12.5. The number of hydrogen-bond acceptors (Lipinski definition) is 3. The number of nitrogens with one attached hydrogen (secondary N) is 1. The molecule has 2 atom stereocenters. The molecule has 1 aliphatic heterocycles. The predicted molar refractivity (Wildman–Crippen MR) is 90.2 cm³/mol. The summed E-state index contributed by atoms with van der Waals surface area (Å²) < 4.78 is 0. The molecule has 1 aromatic rings. The Morgan fingerprint density at radius 3 is 2.64 bits per heavy atom. The van der Waals surface area contributed by atoms with Gasteiger partial charge in [0.25, 0.3) is 0 Å². The van der Waals surface area contributed by atoms with Crippen molar-refractivity contribution in [3.05, 3.63) is 29.8 Å². The molecule has 0 radical (unpaired) electrons. The predicted octanol–water partition coefficient (Wildman–Crippen LogP) is 1.77. The molecular formula is C16H24ClN3O2. The van der Waals surface area contributed by atoms with E-state index in [-0.39, 0.29) is 36.7 Å². The number of hydrogen-bond donors (Lipinski definition) is 2. The maximum Gasteiger partial charge on any atom is 0.249 e. The van der Waals surface area contributed by atoms with Crippen molar-refractivity contribution in [1.82, 2.24) is 5.32 Å². The summed E-state index contributed by atoms with van der Waals surface area (Å²) in [6.07, 6.45) is 1.81. The van der Waals surface area contributed by atoms with Crippen molar-refractivity contribution in [2.24, 2.45) is 5.73 Å². The van der Waals surface area contributed by atoms with Crippen LogP contribution in [0.1, 0.15) is 31.7 Å². The fourth-order valence-electron chi connectivity index (χ4n) is 2.54. The summed E-state index contributed by atoms with van der Waals surface area (Å²) in [7, 11) is 0. The highest BCUT2D eigenvalue weighted by Crippen LogP contribution is 2.21. The number of carbonyl (C=O) groups is 2. The maximum absolute atomic E-state index is 12.5. The summed E-state index contributed by atoms with van der Waals surface area (Å²) in [5.41, 5.74) is 7.65. The molecule has 1 fully saturated rings. The molecule has 3 N–H and O–H groups in total. The highest BCUT2D eigenvalue weighted by Gasteiger charge is 2.30. The fraction of sp³-hybridized carbons (Fsp3) is 0.500. The average Bonchev–Trinajstić information content (AvgIpc) is 2.41. The van der Waals surface area contributed by atoms with Gasteiger partial charge in [0.2, 0.25) is 11.8 Å². The topological polar surface area (TPSA) is 75.4 Å². The van der Waals surface area contributed by atoms with Crippen LogP contribution in [0.25, 0.3) is 0 Å². The second kappa shape index (κ2) is 8.15. The van der Waals surface area contributed by atoms with Crippen molar-refractivity contribution in [2.75, 3.05) is 11.4 Å². The third-order valence-electron chi connectivity index (χ3n) is 3.63. The van der Waals surface area contributed by atoms with Gasteiger partial charge in [-0.05, 0) is 38.8 Å². The van der Waals surface area contributed by atoms with Crippen LogP contribution in [0, 0.1) is 6.92 Å². The second-order valence-electron chi connectivity index (χ2n) is 5.77. The molecule has 0 spiro atoms. The Bertz CT molecular complexity index is 517. The molecular weight excluding hydrogens is 302 g/mol. The molecule has 0 aliphatic carbocycles. The van der Waals surface area contributed by atoms with E-state index in [1.165, 1.54) is 0 Å². The first-order chi connectivity index (χ1) is 9.97. The number of benzene rings is 1. The molecule has 122 valence electrons. The number of nitrogens with two attached hydrogens (primary N) is 1.